The van der Waals surface area contributed by atoms with E-state index in [0.717, 1.165) is 17.7 Å². The number of hydrogen-bond donors (Lipinski definition) is 0. The Morgan fingerprint density at radius 3 is 2.50 bits per heavy atom. The van der Waals surface area contributed by atoms with E-state index >= 15 is 0 Å². The van der Waals surface area contributed by atoms with Gasteiger partial charge in [0.2, 0.25) is 0 Å². The first kappa shape index (κ1) is 13.5. The number of rotatable bonds is 2. The second kappa shape index (κ2) is 4.79. The summed E-state index contributed by atoms with van der Waals surface area (Å²) in [5, 5.41) is 0.254. The summed E-state index contributed by atoms with van der Waals surface area (Å²) in [5.74, 6) is 0. The molecule has 0 saturated carbocycles. The van der Waals surface area contributed by atoms with Gasteiger partial charge < -0.3 is 0 Å². The maximum atomic E-state index is 12.9. The molecule has 1 aliphatic heterocycles. The molecule has 1 unspecified atom stereocenters. The van der Waals surface area contributed by atoms with E-state index < -0.39 is 10.0 Å². The van der Waals surface area contributed by atoms with E-state index in [0.29, 0.717) is 0 Å². The van der Waals surface area contributed by atoms with Crippen LogP contribution in [0.3, 0.4) is 0 Å². The Hall–Kier alpha value is -1.52. The zero-order valence-corrected chi connectivity index (χ0v) is 12.5. The lowest BCUT2D eigenvalue weighted by molar-refractivity contribution is 0.584. The van der Waals surface area contributed by atoms with Crippen LogP contribution in [0.1, 0.15) is 12.5 Å². The largest absolute Gasteiger partial charge is 0.266 e. The van der Waals surface area contributed by atoms with Gasteiger partial charge in [0.05, 0.1) is 10.7 Å². The molecule has 0 fully saturated rings. The Balaban J connectivity index is 2.16. The van der Waals surface area contributed by atoms with Crippen molar-refractivity contribution in [2.24, 2.45) is 0 Å². The molecule has 104 valence electrons. The molecule has 20 heavy (non-hydrogen) atoms. The number of anilines is 1. The molecular weight excluding hydrogens is 294 g/mol. The van der Waals surface area contributed by atoms with Gasteiger partial charge >= 0.3 is 0 Å². The fourth-order valence-corrected chi connectivity index (χ4v) is 4.85. The lowest BCUT2D eigenvalue weighted by Crippen LogP contribution is -2.35. The van der Waals surface area contributed by atoms with Crippen molar-refractivity contribution in [3.05, 3.63) is 59.1 Å². The fourth-order valence-electron chi connectivity index (χ4n) is 2.66. The topological polar surface area (TPSA) is 37.4 Å². The van der Waals surface area contributed by atoms with Crippen LogP contribution >= 0.6 is 11.6 Å². The molecule has 1 atom stereocenters. The fraction of sp³-hybridized carbons (Fsp3) is 0.200. The molecule has 5 heteroatoms. The number of fused-ring (bicyclic) bond motifs is 1. The van der Waals surface area contributed by atoms with Gasteiger partial charge in [-0.25, -0.2) is 8.42 Å². The summed E-state index contributed by atoms with van der Waals surface area (Å²) in [6.45, 7) is 1.91. The van der Waals surface area contributed by atoms with Crippen molar-refractivity contribution in [3.63, 3.8) is 0 Å². The summed E-state index contributed by atoms with van der Waals surface area (Å²) < 4.78 is 27.2. The lowest BCUT2D eigenvalue weighted by Gasteiger charge is -2.24. The van der Waals surface area contributed by atoms with Gasteiger partial charge in [-0.2, -0.15) is 0 Å². The van der Waals surface area contributed by atoms with Crippen LogP contribution in [0, 0.1) is 0 Å². The van der Waals surface area contributed by atoms with Crippen molar-refractivity contribution in [1.82, 2.24) is 0 Å². The minimum absolute atomic E-state index is 0.103. The van der Waals surface area contributed by atoms with Gasteiger partial charge in [0, 0.05) is 6.04 Å². The summed E-state index contributed by atoms with van der Waals surface area (Å²) in [7, 11) is -3.63. The highest BCUT2D eigenvalue weighted by Gasteiger charge is 2.36. The highest BCUT2D eigenvalue weighted by atomic mass is 35.5. The molecule has 1 aliphatic rings. The SMILES string of the molecule is CC1Cc2ccccc2N1S(=O)(=O)c1ccccc1Cl. The number of para-hydroxylation sites is 1. The number of benzene rings is 2. The number of halogens is 1. The number of sulfonamides is 1. The highest BCUT2D eigenvalue weighted by Crippen LogP contribution is 2.37. The predicted molar refractivity (Wildman–Crippen MR) is 80.7 cm³/mol. The zero-order valence-electron chi connectivity index (χ0n) is 11.0. The monoisotopic (exact) mass is 307 g/mol. The van der Waals surface area contributed by atoms with Crippen LogP contribution in [-0.2, 0) is 16.4 Å². The minimum atomic E-state index is -3.63. The van der Waals surface area contributed by atoms with Crippen LogP contribution in [0.2, 0.25) is 5.02 Å². The number of hydrogen-bond acceptors (Lipinski definition) is 2. The maximum Gasteiger partial charge on any atom is 0.266 e. The first-order valence-corrected chi connectivity index (χ1v) is 8.20. The van der Waals surface area contributed by atoms with Crippen molar-refractivity contribution in [2.45, 2.75) is 24.3 Å². The van der Waals surface area contributed by atoms with Gasteiger partial charge in [-0.05, 0) is 37.1 Å². The van der Waals surface area contributed by atoms with E-state index in [4.69, 9.17) is 11.6 Å². The Bertz CT molecular complexity index is 758. The first-order chi connectivity index (χ1) is 9.51. The lowest BCUT2D eigenvalue weighted by atomic mass is 10.1. The van der Waals surface area contributed by atoms with E-state index in [-0.39, 0.29) is 16.0 Å². The van der Waals surface area contributed by atoms with E-state index in [1.54, 1.807) is 24.3 Å². The molecule has 0 spiro atoms. The van der Waals surface area contributed by atoms with Crippen LogP contribution in [0.5, 0.6) is 0 Å². The average molecular weight is 308 g/mol. The van der Waals surface area contributed by atoms with Crippen LogP contribution in [0.4, 0.5) is 5.69 Å². The van der Waals surface area contributed by atoms with Crippen LogP contribution in [-0.4, -0.2) is 14.5 Å². The van der Waals surface area contributed by atoms with Gasteiger partial charge in [-0.1, -0.05) is 41.9 Å². The molecule has 0 bridgehead atoms. The third kappa shape index (κ3) is 2.00. The van der Waals surface area contributed by atoms with Gasteiger partial charge in [-0.15, -0.1) is 0 Å². The molecule has 2 aromatic carbocycles. The first-order valence-electron chi connectivity index (χ1n) is 6.38. The summed E-state index contributed by atoms with van der Waals surface area (Å²) in [4.78, 5) is 0.158. The minimum Gasteiger partial charge on any atom is -0.263 e. The molecule has 0 aliphatic carbocycles. The van der Waals surface area contributed by atoms with E-state index in [1.807, 2.05) is 31.2 Å². The molecule has 0 radical (unpaired) electrons. The summed E-state index contributed by atoms with van der Waals surface area (Å²) in [6.07, 6.45) is 0.722. The Kier molecular flexibility index (Phi) is 3.22. The van der Waals surface area contributed by atoms with E-state index in [1.165, 1.54) is 4.31 Å². The summed E-state index contributed by atoms with van der Waals surface area (Å²) >= 11 is 6.06. The quantitative estimate of drug-likeness (QED) is 0.852. The second-order valence-corrected chi connectivity index (χ2v) is 7.10. The van der Waals surface area contributed by atoms with Crippen LogP contribution in [0.25, 0.3) is 0 Å². The maximum absolute atomic E-state index is 12.9. The third-order valence-electron chi connectivity index (χ3n) is 3.52. The second-order valence-electron chi connectivity index (χ2n) is 4.91. The molecule has 2 aromatic rings. The molecule has 0 N–H and O–H groups in total. The molecule has 0 aromatic heterocycles. The predicted octanol–water partition coefficient (Wildman–Crippen LogP) is 3.48. The van der Waals surface area contributed by atoms with Crippen molar-refractivity contribution in [2.75, 3.05) is 4.31 Å². The smallest absolute Gasteiger partial charge is 0.263 e. The Morgan fingerprint density at radius 1 is 1.10 bits per heavy atom. The third-order valence-corrected chi connectivity index (χ3v) is 5.95. The highest BCUT2D eigenvalue weighted by molar-refractivity contribution is 7.93. The van der Waals surface area contributed by atoms with Gasteiger partial charge in [-0.3, -0.25) is 4.31 Å². The summed E-state index contributed by atoms with van der Waals surface area (Å²) in [6, 6.07) is 14.0. The molecule has 3 rings (SSSR count). The van der Waals surface area contributed by atoms with E-state index in [9.17, 15) is 8.42 Å². The van der Waals surface area contributed by atoms with Gasteiger partial charge in [0.1, 0.15) is 4.90 Å². The molecule has 3 nitrogen and oxygen atoms in total. The molecule has 1 heterocycles. The number of nitrogens with zero attached hydrogens (tertiary/aromatic N) is 1. The van der Waals surface area contributed by atoms with Crippen LogP contribution in [0.15, 0.2) is 53.4 Å². The van der Waals surface area contributed by atoms with Crippen molar-refractivity contribution >= 4 is 27.3 Å². The van der Waals surface area contributed by atoms with Gasteiger partial charge in [0.15, 0.2) is 0 Å². The summed E-state index contributed by atoms with van der Waals surface area (Å²) in [5.41, 5.74) is 1.80. The van der Waals surface area contributed by atoms with Crippen LogP contribution < -0.4 is 4.31 Å². The Labute approximate surface area is 123 Å². The average Bonchev–Trinajstić information content (AvgIpc) is 2.75. The molecular formula is C15H14ClNO2S. The normalized spacial score (nSPS) is 18.1. The van der Waals surface area contributed by atoms with E-state index in [2.05, 4.69) is 0 Å². The molecule has 0 saturated heterocycles. The van der Waals surface area contributed by atoms with Gasteiger partial charge in [0.25, 0.3) is 10.0 Å². The zero-order chi connectivity index (χ0) is 14.3. The van der Waals surface area contributed by atoms with Crippen molar-refractivity contribution < 1.29 is 8.42 Å². The Morgan fingerprint density at radius 2 is 1.75 bits per heavy atom. The molecule has 0 amide bonds. The standard InChI is InChI=1S/C15H14ClNO2S/c1-11-10-12-6-2-4-8-14(12)17(11)20(18,19)15-9-5-3-7-13(15)16/h2-9,11H,10H2,1H3. The van der Waals surface area contributed by atoms with Crippen molar-refractivity contribution in [3.8, 4) is 0 Å². The van der Waals surface area contributed by atoms with Crippen molar-refractivity contribution in [1.29, 1.82) is 0 Å².